The first-order valence-corrected chi connectivity index (χ1v) is 7.25. The number of aromatic carboxylic acids is 1. The lowest BCUT2D eigenvalue weighted by atomic mass is 10.3. The molecule has 0 atom stereocenters. The number of nitrogens with one attached hydrogen (secondary N) is 1. The summed E-state index contributed by atoms with van der Waals surface area (Å²) in [5, 5.41) is 18.4. The first-order chi connectivity index (χ1) is 11.6. The quantitative estimate of drug-likeness (QED) is 0.644. The average molecular weight is 334 g/mol. The predicted octanol–water partition coefficient (Wildman–Crippen LogP) is 0.570. The highest BCUT2D eigenvalue weighted by molar-refractivity contribution is 5.84. The van der Waals surface area contributed by atoms with Crippen LogP contribution >= 0.6 is 0 Å². The Hall–Kier alpha value is -3.10. The zero-order chi connectivity index (χ0) is 17.4. The van der Waals surface area contributed by atoms with Crippen molar-refractivity contribution in [2.24, 2.45) is 0 Å². The Morgan fingerprint density at radius 1 is 1.25 bits per heavy atom. The van der Waals surface area contributed by atoms with Crippen LogP contribution < -0.4 is 14.8 Å². The minimum absolute atomic E-state index is 0.0837. The lowest BCUT2D eigenvalue weighted by Gasteiger charge is -2.08. The third-order valence-corrected chi connectivity index (χ3v) is 3.03. The molecule has 0 aliphatic heterocycles. The fourth-order valence-corrected chi connectivity index (χ4v) is 1.84. The van der Waals surface area contributed by atoms with Crippen molar-refractivity contribution in [1.82, 2.24) is 20.3 Å². The van der Waals surface area contributed by atoms with E-state index >= 15 is 0 Å². The molecule has 1 aromatic heterocycles. The van der Waals surface area contributed by atoms with Gasteiger partial charge in [-0.25, -0.2) is 9.48 Å². The summed E-state index contributed by atoms with van der Waals surface area (Å²) < 4.78 is 11.8. The summed E-state index contributed by atoms with van der Waals surface area (Å²) in [5.41, 5.74) is -0.198. The van der Waals surface area contributed by atoms with Crippen LogP contribution in [0, 0.1) is 0 Å². The highest BCUT2D eigenvalue weighted by atomic mass is 16.5. The summed E-state index contributed by atoms with van der Waals surface area (Å²) in [5.74, 6) is 0.0262. The summed E-state index contributed by atoms with van der Waals surface area (Å²) in [4.78, 5) is 22.4. The third-order valence-electron chi connectivity index (χ3n) is 3.03. The van der Waals surface area contributed by atoms with E-state index in [4.69, 9.17) is 14.6 Å². The fourth-order valence-electron chi connectivity index (χ4n) is 1.84. The average Bonchev–Trinajstić information content (AvgIpc) is 3.04. The molecule has 0 fully saturated rings. The van der Waals surface area contributed by atoms with Gasteiger partial charge in [0.25, 0.3) is 0 Å². The smallest absolute Gasteiger partial charge is 0.358 e. The Labute approximate surface area is 138 Å². The van der Waals surface area contributed by atoms with E-state index in [9.17, 15) is 9.59 Å². The summed E-state index contributed by atoms with van der Waals surface area (Å²) in [6.45, 7) is 0.814. The molecule has 24 heavy (non-hydrogen) atoms. The first-order valence-electron chi connectivity index (χ1n) is 7.25. The maximum Gasteiger partial charge on any atom is 0.358 e. The highest BCUT2D eigenvalue weighted by Gasteiger charge is 2.10. The molecule has 0 bridgehead atoms. The molecule has 1 amide bonds. The van der Waals surface area contributed by atoms with E-state index in [0.717, 1.165) is 11.5 Å². The van der Waals surface area contributed by atoms with Gasteiger partial charge in [0.2, 0.25) is 5.91 Å². The summed E-state index contributed by atoms with van der Waals surface area (Å²) >= 11 is 0. The van der Waals surface area contributed by atoms with Gasteiger partial charge in [0.05, 0.1) is 19.9 Å². The van der Waals surface area contributed by atoms with Crippen molar-refractivity contribution >= 4 is 11.9 Å². The van der Waals surface area contributed by atoms with Gasteiger partial charge in [-0.15, -0.1) is 5.10 Å². The van der Waals surface area contributed by atoms with Crippen LogP contribution in [0.25, 0.3) is 0 Å². The Morgan fingerprint density at radius 3 is 2.58 bits per heavy atom. The number of amides is 1. The van der Waals surface area contributed by atoms with E-state index in [0.29, 0.717) is 19.6 Å². The van der Waals surface area contributed by atoms with E-state index in [1.165, 1.54) is 10.9 Å². The molecule has 2 rings (SSSR count). The number of carbonyl (C=O) groups excluding carboxylic acids is 1. The molecule has 2 aromatic rings. The first kappa shape index (κ1) is 17.3. The van der Waals surface area contributed by atoms with Crippen molar-refractivity contribution < 1.29 is 24.2 Å². The van der Waals surface area contributed by atoms with Gasteiger partial charge in [0, 0.05) is 6.54 Å². The normalized spacial score (nSPS) is 10.2. The number of hydrogen-bond acceptors (Lipinski definition) is 6. The van der Waals surface area contributed by atoms with Gasteiger partial charge in [-0.1, -0.05) is 5.21 Å². The molecular weight excluding hydrogens is 316 g/mol. The molecule has 0 saturated heterocycles. The van der Waals surface area contributed by atoms with Gasteiger partial charge in [-0.2, -0.15) is 0 Å². The monoisotopic (exact) mass is 334 g/mol. The van der Waals surface area contributed by atoms with Crippen LogP contribution in [0.5, 0.6) is 11.5 Å². The molecule has 128 valence electrons. The largest absolute Gasteiger partial charge is 0.497 e. The zero-order valence-electron chi connectivity index (χ0n) is 13.1. The molecule has 2 N–H and O–H groups in total. The second kappa shape index (κ2) is 8.51. The van der Waals surface area contributed by atoms with Gasteiger partial charge in [-0.05, 0) is 30.7 Å². The van der Waals surface area contributed by atoms with Crippen LogP contribution in [0.3, 0.4) is 0 Å². The number of carboxylic acid groups (broad SMARTS) is 1. The van der Waals surface area contributed by atoms with Gasteiger partial charge < -0.3 is 19.9 Å². The van der Waals surface area contributed by atoms with E-state index in [-0.39, 0.29) is 18.1 Å². The molecule has 0 aliphatic rings. The molecule has 1 aromatic carbocycles. The van der Waals surface area contributed by atoms with Gasteiger partial charge in [0.1, 0.15) is 18.0 Å². The van der Waals surface area contributed by atoms with Gasteiger partial charge >= 0.3 is 5.97 Å². The Bertz CT molecular complexity index is 683. The minimum Gasteiger partial charge on any atom is -0.497 e. The second-order valence-electron chi connectivity index (χ2n) is 4.83. The Balaban J connectivity index is 1.62. The molecule has 0 radical (unpaired) electrons. The van der Waals surface area contributed by atoms with E-state index in [2.05, 4.69) is 15.6 Å². The van der Waals surface area contributed by atoms with Crippen LogP contribution in [0.2, 0.25) is 0 Å². The van der Waals surface area contributed by atoms with Crippen LogP contribution in [0.15, 0.2) is 30.5 Å². The Morgan fingerprint density at radius 2 is 1.96 bits per heavy atom. The van der Waals surface area contributed by atoms with E-state index < -0.39 is 5.97 Å². The lowest BCUT2D eigenvalue weighted by Crippen LogP contribution is -2.29. The van der Waals surface area contributed by atoms with Crippen molar-refractivity contribution in [2.75, 3.05) is 20.3 Å². The van der Waals surface area contributed by atoms with E-state index in [1.54, 1.807) is 19.2 Å². The summed E-state index contributed by atoms with van der Waals surface area (Å²) in [6, 6.07) is 7.23. The van der Waals surface area contributed by atoms with Crippen molar-refractivity contribution in [3.05, 3.63) is 36.2 Å². The standard InChI is InChI=1S/C15H18N4O5/c1-23-11-3-5-12(6-4-11)24-8-2-7-16-14(20)10-19-9-13(15(21)22)17-18-19/h3-6,9H,2,7-8,10H2,1H3,(H,16,20)(H,21,22). The van der Waals surface area contributed by atoms with Crippen LogP contribution in [-0.2, 0) is 11.3 Å². The maximum absolute atomic E-state index is 11.7. The predicted molar refractivity (Wildman–Crippen MR) is 83.1 cm³/mol. The number of rotatable bonds is 9. The highest BCUT2D eigenvalue weighted by Crippen LogP contribution is 2.16. The lowest BCUT2D eigenvalue weighted by molar-refractivity contribution is -0.121. The van der Waals surface area contributed by atoms with Crippen LogP contribution in [-0.4, -0.2) is 52.2 Å². The van der Waals surface area contributed by atoms with Crippen LogP contribution in [0.1, 0.15) is 16.9 Å². The van der Waals surface area contributed by atoms with E-state index in [1.807, 2.05) is 12.1 Å². The van der Waals surface area contributed by atoms with Crippen molar-refractivity contribution in [3.8, 4) is 11.5 Å². The number of aromatic nitrogens is 3. The topological polar surface area (TPSA) is 116 Å². The third kappa shape index (κ3) is 5.27. The molecule has 0 saturated carbocycles. The van der Waals surface area contributed by atoms with Crippen molar-refractivity contribution in [2.45, 2.75) is 13.0 Å². The molecule has 1 heterocycles. The minimum atomic E-state index is -1.18. The summed E-state index contributed by atoms with van der Waals surface area (Å²) in [7, 11) is 1.60. The van der Waals surface area contributed by atoms with Crippen LogP contribution in [0.4, 0.5) is 0 Å². The molecule has 9 heteroatoms. The Kier molecular flexibility index (Phi) is 6.12. The van der Waals surface area contributed by atoms with Gasteiger partial charge in [0.15, 0.2) is 5.69 Å². The van der Waals surface area contributed by atoms with Crippen molar-refractivity contribution in [1.29, 1.82) is 0 Å². The molecular formula is C15H18N4O5. The maximum atomic E-state index is 11.7. The molecule has 9 nitrogen and oxygen atoms in total. The number of methoxy groups -OCH3 is 1. The number of hydrogen-bond donors (Lipinski definition) is 2. The zero-order valence-corrected chi connectivity index (χ0v) is 13.1. The van der Waals surface area contributed by atoms with Crippen molar-refractivity contribution in [3.63, 3.8) is 0 Å². The second-order valence-corrected chi connectivity index (χ2v) is 4.83. The number of carbonyl (C=O) groups is 2. The SMILES string of the molecule is COc1ccc(OCCCNC(=O)Cn2cc(C(=O)O)nn2)cc1. The number of carboxylic acids is 1. The molecule has 0 aliphatic carbocycles. The number of ether oxygens (including phenoxy) is 2. The molecule has 0 spiro atoms. The number of benzene rings is 1. The van der Waals surface area contributed by atoms with Gasteiger partial charge in [-0.3, -0.25) is 4.79 Å². The summed E-state index contributed by atoms with van der Waals surface area (Å²) in [6.07, 6.45) is 1.84. The fraction of sp³-hybridized carbons (Fsp3) is 0.333. The number of nitrogens with zero attached hydrogens (tertiary/aromatic N) is 3. The molecule has 0 unspecified atom stereocenters.